The Hall–Kier alpha value is -0.500. The average Bonchev–Trinajstić information content (AvgIpc) is 2.17. The monoisotopic (exact) mass is 254 g/mol. The minimum Gasteiger partial charge on any atom is -0.377 e. The van der Waals surface area contributed by atoms with E-state index in [1.165, 1.54) is 0 Å². The van der Waals surface area contributed by atoms with Crippen molar-refractivity contribution in [2.45, 2.75) is 25.2 Å². The first-order valence-corrected chi connectivity index (χ1v) is 4.50. The van der Waals surface area contributed by atoms with Crippen LogP contribution in [0.4, 0.5) is 26.3 Å². The van der Waals surface area contributed by atoms with Crippen molar-refractivity contribution in [1.29, 1.82) is 0 Å². The van der Waals surface area contributed by atoms with Crippen molar-refractivity contribution in [2.24, 2.45) is 0 Å². The standard InChI is InChI=1S/C4H4F6.C4H8O2/c5-3(6,7)1-2-4(8,9)10;1-2-6-4-3-5-1/h1-2H2;1-4H2. The lowest BCUT2D eigenvalue weighted by atomic mass is 10.3. The van der Waals surface area contributed by atoms with E-state index in [1.807, 2.05) is 0 Å². The number of hydrogen-bond donors (Lipinski definition) is 0. The highest BCUT2D eigenvalue weighted by Gasteiger charge is 2.36. The van der Waals surface area contributed by atoms with Crippen LogP contribution in [0.15, 0.2) is 0 Å². The van der Waals surface area contributed by atoms with Gasteiger partial charge in [0.15, 0.2) is 0 Å². The molecule has 1 saturated heterocycles. The van der Waals surface area contributed by atoms with E-state index in [9.17, 15) is 26.3 Å². The van der Waals surface area contributed by atoms with Crippen LogP contribution in [0, 0.1) is 0 Å². The highest BCUT2D eigenvalue weighted by atomic mass is 19.4. The second-order valence-electron chi connectivity index (χ2n) is 2.96. The largest absolute Gasteiger partial charge is 0.389 e. The molecule has 0 amide bonds. The van der Waals surface area contributed by atoms with Gasteiger partial charge < -0.3 is 9.47 Å². The van der Waals surface area contributed by atoms with Gasteiger partial charge in [0, 0.05) is 0 Å². The summed E-state index contributed by atoms with van der Waals surface area (Å²) in [6.45, 7) is 3.11. The maximum atomic E-state index is 11.1. The fraction of sp³-hybridized carbons (Fsp3) is 1.00. The first-order chi connectivity index (χ1) is 7.21. The molecule has 1 heterocycles. The van der Waals surface area contributed by atoms with E-state index in [1.54, 1.807) is 0 Å². The van der Waals surface area contributed by atoms with Gasteiger partial charge in [0.1, 0.15) is 0 Å². The van der Waals surface area contributed by atoms with Crippen LogP contribution < -0.4 is 0 Å². The number of hydrogen-bond acceptors (Lipinski definition) is 2. The Morgan fingerprint density at radius 2 is 0.875 bits per heavy atom. The molecule has 0 N–H and O–H groups in total. The van der Waals surface area contributed by atoms with Gasteiger partial charge in [-0.2, -0.15) is 26.3 Å². The summed E-state index contributed by atoms with van der Waals surface area (Å²) < 4.78 is 76.4. The van der Waals surface area contributed by atoms with E-state index in [-0.39, 0.29) is 0 Å². The third kappa shape index (κ3) is 13.5. The third-order valence-corrected chi connectivity index (χ3v) is 1.44. The van der Waals surface area contributed by atoms with E-state index in [0.29, 0.717) is 0 Å². The Kier molecular flexibility index (Phi) is 6.73. The fourth-order valence-corrected chi connectivity index (χ4v) is 0.723. The maximum Gasteiger partial charge on any atom is 0.389 e. The predicted molar refractivity (Wildman–Crippen MR) is 43.0 cm³/mol. The Morgan fingerprint density at radius 3 is 1.00 bits per heavy atom. The lowest BCUT2D eigenvalue weighted by Crippen LogP contribution is -2.16. The number of alkyl halides is 6. The summed E-state index contributed by atoms with van der Waals surface area (Å²) in [7, 11) is 0. The first kappa shape index (κ1) is 15.5. The highest BCUT2D eigenvalue weighted by Crippen LogP contribution is 2.29. The molecule has 0 aromatic rings. The van der Waals surface area contributed by atoms with Gasteiger partial charge in [0.2, 0.25) is 0 Å². The summed E-state index contributed by atoms with van der Waals surface area (Å²) in [5.74, 6) is 0. The number of ether oxygens (including phenoxy) is 2. The van der Waals surface area contributed by atoms with E-state index in [0.717, 1.165) is 26.4 Å². The summed E-state index contributed by atoms with van der Waals surface area (Å²) in [6, 6.07) is 0. The molecular weight excluding hydrogens is 242 g/mol. The minimum atomic E-state index is -4.71. The predicted octanol–water partition coefficient (Wildman–Crippen LogP) is 2.92. The number of rotatable bonds is 1. The topological polar surface area (TPSA) is 18.5 Å². The van der Waals surface area contributed by atoms with Crippen LogP contribution in [0.25, 0.3) is 0 Å². The van der Waals surface area contributed by atoms with Gasteiger partial charge in [0.25, 0.3) is 0 Å². The van der Waals surface area contributed by atoms with Crippen molar-refractivity contribution in [3.8, 4) is 0 Å². The molecule has 2 nitrogen and oxygen atoms in total. The van der Waals surface area contributed by atoms with Gasteiger partial charge >= 0.3 is 12.4 Å². The summed E-state index contributed by atoms with van der Waals surface area (Å²) in [5.41, 5.74) is 0. The molecule has 1 rings (SSSR count). The van der Waals surface area contributed by atoms with E-state index in [2.05, 4.69) is 0 Å². The average molecular weight is 254 g/mol. The lowest BCUT2D eigenvalue weighted by Gasteiger charge is -2.09. The second-order valence-corrected chi connectivity index (χ2v) is 2.96. The molecule has 8 heteroatoms. The van der Waals surface area contributed by atoms with Gasteiger partial charge in [-0.25, -0.2) is 0 Å². The quantitative estimate of drug-likeness (QED) is 0.670. The summed E-state index contributed by atoms with van der Waals surface area (Å²) in [4.78, 5) is 0. The Morgan fingerprint density at radius 1 is 0.625 bits per heavy atom. The van der Waals surface area contributed by atoms with Crippen molar-refractivity contribution in [3.05, 3.63) is 0 Å². The van der Waals surface area contributed by atoms with Crippen LogP contribution in [-0.2, 0) is 9.47 Å². The molecule has 0 radical (unpaired) electrons. The molecule has 0 aromatic carbocycles. The second kappa shape index (κ2) is 6.95. The van der Waals surface area contributed by atoms with Crippen molar-refractivity contribution >= 4 is 0 Å². The van der Waals surface area contributed by atoms with E-state index in [4.69, 9.17) is 9.47 Å². The van der Waals surface area contributed by atoms with Crippen molar-refractivity contribution in [3.63, 3.8) is 0 Å². The van der Waals surface area contributed by atoms with E-state index < -0.39 is 25.2 Å². The third-order valence-electron chi connectivity index (χ3n) is 1.44. The maximum absolute atomic E-state index is 11.1. The molecular formula is C8H12F6O2. The molecule has 0 aromatic heterocycles. The van der Waals surface area contributed by atoms with Crippen LogP contribution >= 0.6 is 0 Å². The normalized spacial score (nSPS) is 17.6. The minimum absolute atomic E-state index is 0.778. The molecule has 0 aliphatic carbocycles. The molecule has 1 aliphatic rings. The van der Waals surface area contributed by atoms with Crippen LogP contribution in [0.3, 0.4) is 0 Å². The smallest absolute Gasteiger partial charge is 0.377 e. The van der Waals surface area contributed by atoms with Crippen LogP contribution in [0.1, 0.15) is 12.8 Å². The molecule has 1 fully saturated rings. The Balaban J connectivity index is 0.000000315. The molecule has 0 unspecified atom stereocenters. The van der Waals surface area contributed by atoms with Crippen molar-refractivity contribution in [2.75, 3.05) is 26.4 Å². The summed E-state index contributed by atoms with van der Waals surface area (Å²) in [5, 5.41) is 0. The van der Waals surface area contributed by atoms with Gasteiger partial charge in [-0.15, -0.1) is 0 Å². The molecule has 0 bridgehead atoms. The van der Waals surface area contributed by atoms with Gasteiger partial charge in [-0.3, -0.25) is 0 Å². The van der Waals surface area contributed by atoms with Gasteiger partial charge in [-0.1, -0.05) is 0 Å². The van der Waals surface area contributed by atoms with Crippen molar-refractivity contribution in [1.82, 2.24) is 0 Å². The summed E-state index contributed by atoms with van der Waals surface area (Å²) in [6.07, 6.45) is -13.0. The molecule has 0 spiro atoms. The lowest BCUT2D eigenvalue weighted by molar-refractivity contribution is -0.183. The SMILES string of the molecule is C1COCCO1.FC(F)(F)CCC(F)(F)F. The molecule has 0 atom stereocenters. The zero-order valence-electron chi connectivity index (χ0n) is 8.33. The van der Waals surface area contributed by atoms with Crippen molar-refractivity contribution < 1.29 is 35.8 Å². The van der Waals surface area contributed by atoms with Gasteiger partial charge in [-0.05, 0) is 0 Å². The molecule has 0 saturated carbocycles. The van der Waals surface area contributed by atoms with Crippen LogP contribution in [0.2, 0.25) is 0 Å². The Labute approximate surface area is 88.5 Å². The van der Waals surface area contributed by atoms with Gasteiger partial charge in [0.05, 0.1) is 39.3 Å². The zero-order chi connectivity index (χ0) is 12.7. The molecule has 98 valence electrons. The Bertz CT molecular complexity index is 147. The summed E-state index contributed by atoms with van der Waals surface area (Å²) >= 11 is 0. The van der Waals surface area contributed by atoms with Crippen LogP contribution in [0.5, 0.6) is 0 Å². The molecule has 1 aliphatic heterocycles. The van der Waals surface area contributed by atoms with Crippen LogP contribution in [-0.4, -0.2) is 38.8 Å². The fourth-order valence-electron chi connectivity index (χ4n) is 0.723. The number of halogens is 6. The molecule has 16 heavy (non-hydrogen) atoms. The van der Waals surface area contributed by atoms with E-state index >= 15 is 0 Å². The first-order valence-electron chi connectivity index (χ1n) is 4.50. The zero-order valence-corrected chi connectivity index (χ0v) is 8.33. The highest BCUT2D eigenvalue weighted by molar-refractivity contribution is 4.56.